The van der Waals surface area contributed by atoms with E-state index >= 15 is 0 Å². The Morgan fingerprint density at radius 2 is 1.74 bits per heavy atom. The molecule has 1 heterocycles. The second kappa shape index (κ2) is 9.63. The Morgan fingerprint density at radius 1 is 1.17 bits per heavy atom. The van der Waals surface area contributed by atoms with Gasteiger partial charge in [0.2, 0.25) is 5.91 Å². The monoisotopic (exact) mass is 342 g/mol. The summed E-state index contributed by atoms with van der Waals surface area (Å²) in [5, 5.41) is 3.28. The quantitative estimate of drug-likeness (QED) is 0.861. The molecule has 130 valence electrons. The third-order valence-corrected chi connectivity index (χ3v) is 4.29. The van der Waals surface area contributed by atoms with Crippen molar-refractivity contribution in [2.75, 3.05) is 34.4 Å². The number of hydrogen-bond donors (Lipinski definition) is 1. The van der Waals surface area contributed by atoms with Gasteiger partial charge in [0.05, 0.1) is 14.2 Å². The molecule has 0 unspecified atom stereocenters. The summed E-state index contributed by atoms with van der Waals surface area (Å²) < 4.78 is 10.5. The van der Waals surface area contributed by atoms with Crippen LogP contribution in [0.3, 0.4) is 0 Å². The van der Waals surface area contributed by atoms with Gasteiger partial charge in [-0.1, -0.05) is 0 Å². The van der Waals surface area contributed by atoms with Gasteiger partial charge in [-0.15, -0.1) is 12.4 Å². The molecule has 23 heavy (non-hydrogen) atoms. The zero-order chi connectivity index (χ0) is 15.9. The van der Waals surface area contributed by atoms with Gasteiger partial charge in [-0.2, -0.15) is 0 Å². The number of aryl methyl sites for hydroxylation is 1. The fourth-order valence-corrected chi connectivity index (χ4v) is 2.84. The van der Waals surface area contributed by atoms with E-state index in [1.807, 2.05) is 30.1 Å². The Balaban J connectivity index is 0.00000264. The van der Waals surface area contributed by atoms with Crippen molar-refractivity contribution in [1.29, 1.82) is 0 Å². The van der Waals surface area contributed by atoms with Gasteiger partial charge < -0.3 is 19.7 Å². The predicted octanol–water partition coefficient (Wildman–Crippen LogP) is 2.27. The van der Waals surface area contributed by atoms with Gasteiger partial charge in [0.1, 0.15) is 11.5 Å². The lowest BCUT2D eigenvalue weighted by Gasteiger charge is -2.31. The van der Waals surface area contributed by atoms with E-state index in [-0.39, 0.29) is 18.3 Å². The average Bonchev–Trinajstić information content (AvgIpc) is 2.59. The van der Waals surface area contributed by atoms with Crippen LogP contribution in [0.4, 0.5) is 0 Å². The molecule has 0 radical (unpaired) electrons. The number of likely N-dealkylation sites (tertiary alicyclic amines) is 1. The van der Waals surface area contributed by atoms with E-state index in [0.29, 0.717) is 18.9 Å². The van der Waals surface area contributed by atoms with Gasteiger partial charge >= 0.3 is 0 Å². The van der Waals surface area contributed by atoms with E-state index in [2.05, 4.69) is 5.32 Å². The normalized spacial score (nSPS) is 15.0. The fraction of sp³-hybridized carbons (Fsp3) is 0.588. The highest BCUT2D eigenvalue weighted by molar-refractivity contribution is 5.85. The summed E-state index contributed by atoms with van der Waals surface area (Å²) in [4.78, 5) is 14.3. The Kier molecular flexibility index (Phi) is 8.20. The number of benzene rings is 1. The van der Waals surface area contributed by atoms with Crippen molar-refractivity contribution < 1.29 is 14.3 Å². The van der Waals surface area contributed by atoms with Crippen LogP contribution in [0, 0.1) is 0 Å². The molecule has 1 fully saturated rings. The van der Waals surface area contributed by atoms with Crippen LogP contribution < -0.4 is 14.8 Å². The van der Waals surface area contributed by atoms with Crippen LogP contribution >= 0.6 is 12.4 Å². The van der Waals surface area contributed by atoms with Gasteiger partial charge in [-0.3, -0.25) is 4.79 Å². The standard InChI is InChI=1S/C17H26N2O3.ClH/c1-18-14-6-8-19(9-7-14)17(20)5-4-13-10-15(21-2)12-16(11-13)22-3;/h10-12,14,18H,4-9H2,1-3H3;1H. The largest absolute Gasteiger partial charge is 0.497 e. The number of piperidine rings is 1. The van der Waals surface area contributed by atoms with Crippen LogP contribution in [0.1, 0.15) is 24.8 Å². The highest BCUT2D eigenvalue weighted by Crippen LogP contribution is 2.23. The molecule has 1 N–H and O–H groups in total. The molecule has 6 heteroatoms. The number of hydrogen-bond acceptors (Lipinski definition) is 4. The zero-order valence-electron chi connectivity index (χ0n) is 14.1. The average molecular weight is 343 g/mol. The number of amides is 1. The number of carbonyl (C=O) groups excluding carboxylic acids is 1. The molecule has 1 aliphatic rings. The predicted molar refractivity (Wildman–Crippen MR) is 93.8 cm³/mol. The number of carbonyl (C=O) groups is 1. The van der Waals surface area contributed by atoms with Crippen LogP contribution in [-0.2, 0) is 11.2 Å². The second-order valence-electron chi connectivity index (χ2n) is 5.66. The van der Waals surface area contributed by atoms with Crippen molar-refractivity contribution in [3.8, 4) is 11.5 Å². The summed E-state index contributed by atoms with van der Waals surface area (Å²) >= 11 is 0. The molecule has 0 spiro atoms. The van der Waals surface area contributed by atoms with Crippen LogP contribution in [0.25, 0.3) is 0 Å². The molecule has 1 aromatic rings. The van der Waals surface area contributed by atoms with E-state index in [0.717, 1.165) is 43.0 Å². The van der Waals surface area contributed by atoms with Crippen molar-refractivity contribution in [3.05, 3.63) is 23.8 Å². The summed E-state index contributed by atoms with van der Waals surface area (Å²) in [7, 11) is 5.25. The zero-order valence-corrected chi connectivity index (χ0v) is 14.9. The van der Waals surface area contributed by atoms with E-state index in [4.69, 9.17) is 9.47 Å². The van der Waals surface area contributed by atoms with E-state index < -0.39 is 0 Å². The number of ether oxygens (including phenoxy) is 2. The third kappa shape index (κ3) is 5.59. The lowest BCUT2D eigenvalue weighted by atomic mass is 10.0. The second-order valence-corrected chi connectivity index (χ2v) is 5.66. The van der Waals surface area contributed by atoms with Crippen molar-refractivity contribution in [2.24, 2.45) is 0 Å². The first-order chi connectivity index (χ1) is 10.7. The molecule has 0 aromatic heterocycles. The van der Waals surface area contributed by atoms with Crippen LogP contribution in [0.15, 0.2) is 18.2 Å². The first-order valence-corrected chi connectivity index (χ1v) is 7.83. The van der Waals surface area contributed by atoms with Crippen molar-refractivity contribution >= 4 is 18.3 Å². The molecule has 0 bridgehead atoms. The lowest BCUT2D eigenvalue weighted by molar-refractivity contribution is -0.132. The Labute approximate surface area is 144 Å². The number of halogens is 1. The number of rotatable bonds is 6. The molecule has 1 aliphatic heterocycles. The Hall–Kier alpha value is -1.46. The van der Waals surface area contributed by atoms with Gasteiger partial charge in [0, 0.05) is 31.6 Å². The maximum Gasteiger partial charge on any atom is 0.222 e. The first kappa shape index (κ1) is 19.6. The van der Waals surface area contributed by atoms with E-state index in [1.54, 1.807) is 14.2 Å². The van der Waals surface area contributed by atoms with Crippen LogP contribution in [-0.4, -0.2) is 51.2 Å². The topological polar surface area (TPSA) is 50.8 Å². The molecule has 1 saturated heterocycles. The summed E-state index contributed by atoms with van der Waals surface area (Å²) in [6.07, 6.45) is 3.31. The highest BCUT2D eigenvalue weighted by Gasteiger charge is 2.21. The summed E-state index contributed by atoms with van der Waals surface area (Å²) in [6.45, 7) is 1.71. The number of nitrogens with one attached hydrogen (secondary N) is 1. The molecule has 1 amide bonds. The minimum absolute atomic E-state index is 0. The fourth-order valence-electron chi connectivity index (χ4n) is 2.84. The summed E-state index contributed by atoms with van der Waals surface area (Å²) in [5.41, 5.74) is 1.06. The van der Waals surface area contributed by atoms with E-state index in [9.17, 15) is 4.79 Å². The maximum atomic E-state index is 12.3. The molecule has 2 rings (SSSR count). The Morgan fingerprint density at radius 3 is 2.22 bits per heavy atom. The van der Waals surface area contributed by atoms with Gasteiger partial charge in [0.15, 0.2) is 0 Å². The molecule has 0 aliphatic carbocycles. The van der Waals surface area contributed by atoms with Crippen LogP contribution in [0.2, 0.25) is 0 Å². The minimum Gasteiger partial charge on any atom is -0.497 e. The minimum atomic E-state index is 0. The summed E-state index contributed by atoms with van der Waals surface area (Å²) in [5.74, 6) is 1.75. The number of methoxy groups -OCH3 is 2. The van der Waals surface area contributed by atoms with Crippen molar-refractivity contribution in [1.82, 2.24) is 10.2 Å². The van der Waals surface area contributed by atoms with Gasteiger partial charge in [-0.05, 0) is 44.0 Å². The Bertz CT molecular complexity index is 480. The first-order valence-electron chi connectivity index (χ1n) is 7.83. The van der Waals surface area contributed by atoms with Crippen molar-refractivity contribution in [3.63, 3.8) is 0 Å². The molecule has 0 atom stereocenters. The van der Waals surface area contributed by atoms with Crippen LogP contribution in [0.5, 0.6) is 11.5 Å². The maximum absolute atomic E-state index is 12.3. The number of nitrogens with zero attached hydrogens (tertiary/aromatic N) is 1. The lowest BCUT2D eigenvalue weighted by Crippen LogP contribution is -2.44. The van der Waals surface area contributed by atoms with Gasteiger partial charge in [0.25, 0.3) is 0 Å². The van der Waals surface area contributed by atoms with Gasteiger partial charge in [-0.25, -0.2) is 0 Å². The van der Waals surface area contributed by atoms with Crippen molar-refractivity contribution in [2.45, 2.75) is 31.7 Å². The van der Waals surface area contributed by atoms with E-state index in [1.165, 1.54) is 0 Å². The molecule has 5 nitrogen and oxygen atoms in total. The SMILES string of the molecule is CNC1CCN(C(=O)CCc2cc(OC)cc(OC)c2)CC1.Cl. The smallest absolute Gasteiger partial charge is 0.222 e. The molecular formula is C17H27ClN2O3. The summed E-state index contributed by atoms with van der Waals surface area (Å²) in [6, 6.07) is 6.31. The third-order valence-electron chi connectivity index (χ3n) is 4.29. The molecule has 1 aromatic carbocycles. The molecule has 0 saturated carbocycles. The molecular weight excluding hydrogens is 316 g/mol. The highest BCUT2D eigenvalue weighted by atomic mass is 35.5.